The van der Waals surface area contributed by atoms with Crippen LogP contribution in [-0.4, -0.2) is 44.5 Å². The standard InChI is InChI=1S/C12H18N4O3S/c1-3-4-12(9(17)18)5-6-16(7-12)11(19)14-10-13-8(2)15-20-10/h3-7H2,1-2H3,(H,17,18)(H,13,14,15,19). The van der Waals surface area contributed by atoms with Crippen LogP contribution >= 0.6 is 11.5 Å². The van der Waals surface area contributed by atoms with Crippen molar-refractivity contribution in [3.8, 4) is 0 Å². The summed E-state index contributed by atoms with van der Waals surface area (Å²) >= 11 is 1.12. The molecule has 0 bridgehead atoms. The number of carbonyl (C=O) groups is 2. The third-order valence-electron chi connectivity index (χ3n) is 3.56. The van der Waals surface area contributed by atoms with Crippen LogP contribution in [0.3, 0.4) is 0 Å². The number of rotatable bonds is 4. The van der Waals surface area contributed by atoms with Crippen LogP contribution in [0.25, 0.3) is 0 Å². The number of nitrogens with zero attached hydrogens (tertiary/aromatic N) is 3. The minimum Gasteiger partial charge on any atom is -0.481 e. The predicted octanol–water partition coefficient (Wildman–Crippen LogP) is 1.96. The molecule has 1 aromatic rings. The Morgan fingerprint density at radius 3 is 2.85 bits per heavy atom. The Hall–Kier alpha value is -1.70. The molecular formula is C12H18N4O3S. The molecule has 1 fully saturated rings. The largest absolute Gasteiger partial charge is 0.481 e. The molecule has 1 saturated heterocycles. The molecule has 2 heterocycles. The SMILES string of the molecule is CCCC1(C(=O)O)CCN(C(=O)Nc2nc(C)ns2)C1. The van der Waals surface area contributed by atoms with Gasteiger partial charge in [-0.05, 0) is 19.8 Å². The van der Waals surface area contributed by atoms with Crippen molar-refractivity contribution < 1.29 is 14.7 Å². The van der Waals surface area contributed by atoms with Gasteiger partial charge in [0.1, 0.15) is 5.82 Å². The second-order valence-corrected chi connectivity index (χ2v) is 5.84. The molecule has 1 aliphatic rings. The number of amides is 2. The molecule has 1 atom stereocenters. The first-order chi connectivity index (χ1) is 9.47. The Bertz CT molecular complexity index is 519. The van der Waals surface area contributed by atoms with Crippen LogP contribution in [0.5, 0.6) is 0 Å². The fraction of sp³-hybridized carbons (Fsp3) is 0.667. The van der Waals surface area contributed by atoms with Crippen molar-refractivity contribution >= 4 is 28.7 Å². The average Bonchev–Trinajstić information content (AvgIpc) is 2.98. The summed E-state index contributed by atoms with van der Waals surface area (Å²) in [5, 5.41) is 12.5. The van der Waals surface area contributed by atoms with Crippen molar-refractivity contribution in [1.82, 2.24) is 14.3 Å². The number of nitrogens with one attached hydrogen (secondary N) is 1. The summed E-state index contributed by atoms with van der Waals surface area (Å²) in [6.07, 6.45) is 1.88. The fourth-order valence-corrected chi connectivity index (χ4v) is 3.09. The number of anilines is 1. The van der Waals surface area contributed by atoms with E-state index in [1.165, 1.54) is 0 Å². The van der Waals surface area contributed by atoms with E-state index >= 15 is 0 Å². The normalized spacial score (nSPS) is 22.0. The van der Waals surface area contributed by atoms with Crippen molar-refractivity contribution in [3.63, 3.8) is 0 Å². The summed E-state index contributed by atoms with van der Waals surface area (Å²) in [6.45, 7) is 4.41. The van der Waals surface area contributed by atoms with Gasteiger partial charge in [-0.25, -0.2) is 9.78 Å². The van der Waals surface area contributed by atoms with Crippen molar-refractivity contribution in [2.45, 2.75) is 33.1 Å². The number of aromatic nitrogens is 2. The average molecular weight is 298 g/mol. The number of hydrogen-bond donors (Lipinski definition) is 2. The van der Waals surface area contributed by atoms with Crippen LogP contribution in [0, 0.1) is 12.3 Å². The van der Waals surface area contributed by atoms with Gasteiger partial charge < -0.3 is 10.0 Å². The van der Waals surface area contributed by atoms with Crippen LogP contribution < -0.4 is 5.32 Å². The molecule has 1 aliphatic heterocycles. The number of hydrogen-bond acceptors (Lipinski definition) is 5. The van der Waals surface area contributed by atoms with Crippen LogP contribution in [0.15, 0.2) is 0 Å². The second-order valence-electron chi connectivity index (χ2n) is 5.08. The zero-order valence-electron chi connectivity index (χ0n) is 11.5. The van der Waals surface area contributed by atoms with Gasteiger partial charge in [-0.2, -0.15) is 4.37 Å². The highest BCUT2D eigenvalue weighted by Crippen LogP contribution is 2.35. The van der Waals surface area contributed by atoms with E-state index in [1.807, 2.05) is 6.92 Å². The quantitative estimate of drug-likeness (QED) is 0.886. The van der Waals surface area contributed by atoms with E-state index in [0.717, 1.165) is 18.0 Å². The fourth-order valence-electron chi connectivity index (χ4n) is 2.53. The van der Waals surface area contributed by atoms with E-state index < -0.39 is 11.4 Å². The zero-order valence-corrected chi connectivity index (χ0v) is 12.4. The van der Waals surface area contributed by atoms with Gasteiger partial charge in [-0.3, -0.25) is 10.1 Å². The molecule has 0 radical (unpaired) electrons. The molecular weight excluding hydrogens is 280 g/mol. The molecule has 2 rings (SSSR count). The van der Waals surface area contributed by atoms with Gasteiger partial charge in [0.05, 0.1) is 5.41 Å². The van der Waals surface area contributed by atoms with Crippen molar-refractivity contribution in [3.05, 3.63) is 5.82 Å². The Kier molecular flexibility index (Phi) is 4.22. The van der Waals surface area contributed by atoms with Crippen molar-refractivity contribution in [2.75, 3.05) is 18.4 Å². The van der Waals surface area contributed by atoms with Crippen molar-refractivity contribution in [2.24, 2.45) is 5.41 Å². The molecule has 20 heavy (non-hydrogen) atoms. The van der Waals surface area contributed by atoms with E-state index in [0.29, 0.717) is 30.3 Å². The Labute approximate surface area is 121 Å². The summed E-state index contributed by atoms with van der Waals surface area (Å²) in [6, 6.07) is -0.305. The highest BCUT2D eigenvalue weighted by Gasteiger charge is 2.45. The number of carboxylic acid groups (broad SMARTS) is 1. The first-order valence-electron chi connectivity index (χ1n) is 6.56. The Morgan fingerprint density at radius 1 is 1.55 bits per heavy atom. The lowest BCUT2D eigenvalue weighted by Crippen LogP contribution is -2.38. The third-order valence-corrected chi connectivity index (χ3v) is 4.29. The molecule has 8 heteroatoms. The first-order valence-corrected chi connectivity index (χ1v) is 7.34. The van der Waals surface area contributed by atoms with Gasteiger partial charge >= 0.3 is 12.0 Å². The maximum atomic E-state index is 12.1. The lowest BCUT2D eigenvalue weighted by Gasteiger charge is -2.24. The van der Waals surface area contributed by atoms with E-state index in [4.69, 9.17) is 0 Å². The molecule has 2 amide bonds. The van der Waals surface area contributed by atoms with Crippen LogP contribution in [0.2, 0.25) is 0 Å². The molecule has 0 aromatic carbocycles. The third kappa shape index (κ3) is 2.90. The number of aryl methyl sites for hydroxylation is 1. The van der Waals surface area contributed by atoms with Gasteiger partial charge in [-0.1, -0.05) is 13.3 Å². The molecule has 7 nitrogen and oxygen atoms in total. The number of carboxylic acids is 1. The molecule has 0 spiro atoms. The minimum absolute atomic E-state index is 0.250. The van der Waals surface area contributed by atoms with Crippen molar-refractivity contribution in [1.29, 1.82) is 0 Å². The number of likely N-dealkylation sites (tertiary alicyclic amines) is 1. The lowest BCUT2D eigenvalue weighted by molar-refractivity contribution is -0.148. The van der Waals surface area contributed by atoms with Crippen LogP contribution in [0.4, 0.5) is 9.93 Å². The minimum atomic E-state index is -0.818. The second kappa shape index (κ2) is 5.74. The zero-order chi connectivity index (χ0) is 14.8. The molecule has 0 aliphatic carbocycles. The highest BCUT2D eigenvalue weighted by molar-refractivity contribution is 7.09. The summed E-state index contributed by atoms with van der Waals surface area (Å²) in [7, 11) is 0. The molecule has 0 saturated carbocycles. The Morgan fingerprint density at radius 2 is 2.30 bits per heavy atom. The molecule has 1 aromatic heterocycles. The smallest absolute Gasteiger partial charge is 0.323 e. The number of urea groups is 1. The molecule has 110 valence electrons. The monoisotopic (exact) mass is 298 g/mol. The summed E-state index contributed by atoms with van der Waals surface area (Å²) in [5.74, 6) is -0.209. The topological polar surface area (TPSA) is 95.4 Å². The maximum Gasteiger partial charge on any atom is 0.323 e. The molecule has 1 unspecified atom stereocenters. The van der Waals surface area contributed by atoms with E-state index in [1.54, 1.807) is 11.8 Å². The van der Waals surface area contributed by atoms with Crippen LogP contribution in [-0.2, 0) is 4.79 Å². The summed E-state index contributed by atoms with van der Waals surface area (Å²) in [5.41, 5.74) is -0.802. The maximum absolute atomic E-state index is 12.1. The van der Waals surface area contributed by atoms with E-state index in [-0.39, 0.29) is 12.6 Å². The summed E-state index contributed by atoms with van der Waals surface area (Å²) < 4.78 is 3.99. The number of carbonyl (C=O) groups excluding carboxylic acids is 1. The van der Waals surface area contributed by atoms with Crippen LogP contribution in [0.1, 0.15) is 32.0 Å². The Balaban J connectivity index is 2.01. The van der Waals surface area contributed by atoms with E-state index in [9.17, 15) is 14.7 Å². The predicted molar refractivity (Wildman–Crippen MR) is 74.8 cm³/mol. The van der Waals surface area contributed by atoms with Gasteiger partial charge in [0.15, 0.2) is 0 Å². The van der Waals surface area contributed by atoms with Gasteiger partial charge in [0.2, 0.25) is 5.13 Å². The number of aliphatic carboxylic acids is 1. The lowest BCUT2D eigenvalue weighted by atomic mass is 9.83. The van der Waals surface area contributed by atoms with Gasteiger partial charge in [0.25, 0.3) is 0 Å². The van der Waals surface area contributed by atoms with Gasteiger partial charge in [-0.15, -0.1) is 0 Å². The summed E-state index contributed by atoms with van der Waals surface area (Å²) in [4.78, 5) is 29.2. The molecule has 2 N–H and O–H groups in total. The first kappa shape index (κ1) is 14.7. The highest BCUT2D eigenvalue weighted by atomic mass is 32.1. The van der Waals surface area contributed by atoms with Gasteiger partial charge in [0, 0.05) is 24.6 Å². The van der Waals surface area contributed by atoms with E-state index in [2.05, 4.69) is 14.7 Å².